The van der Waals surface area contributed by atoms with Crippen LogP contribution in [-0.2, 0) is 4.79 Å². The van der Waals surface area contributed by atoms with Gasteiger partial charge in [-0.1, -0.05) is 30.3 Å². The zero-order valence-electron chi connectivity index (χ0n) is 13.0. The first-order valence-electron chi connectivity index (χ1n) is 7.65. The largest absolute Gasteiger partial charge is 0.397 e. The van der Waals surface area contributed by atoms with E-state index in [1.807, 2.05) is 36.4 Å². The summed E-state index contributed by atoms with van der Waals surface area (Å²) in [4.78, 5) is 14.3. The first kappa shape index (κ1) is 15.9. The third-order valence-corrected chi connectivity index (χ3v) is 3.57. The van der Waals surface area contributed by atoms with Crippen molar-refractivity contribution in [2.75, 3.05) is 29.0 Å². The molecule has 0 aliphatic rings. The standard InChI is InChI=1S/C18H23N3O/c1-2-21(15-9-4-3-5-10-15)14-8-13-18(22)20-17-12-7-6-11-16(17)19/h3-7,9-12H,2,8,13-14,19H2,1H3,(H,20,22). The number of benzene rings is 2. The number of amides is 1. The SMILES string of the molecule is CCN(CCCC(=O)Nc1ccccc1N)c1ccccc1. The second-order valence-corrected chi connectivity index (χ2v) is 5.15. The number of nitrogens with zero attached hydrogens (tertiary/aromatic N) is 1. The van der Waals surface area contributed by atoms with Crippen LogP contribution in [0.15, 0.2) is 54.6 Å². The minimum absolute atomic E-state index is 0.00187. The molecule has 1 amide bonds. The van der Waals surface area contributed by atoms with E-state index < -0.39 is 0 Å². The number of hydrogen-bond donors (Lipinski definition) is 2. The lowest BCUT2D eigenvalue weighted by molar-refractivity contribution is -0.116. The molecule has 0 aliphatic heterocycles. The molecule has 0 bridgehead atoms. The number of nitrogens with two attached hydrogens (primary N) is 1. The van der Waals surface area contributed by atoms with Gasteiger partial charge in [-0.05, 0) is 37.6 Å². The zero-order valence-corrected chi connectivity index (χ0v) is 13.0. The quantitative estimate of drug-likeness (QED) is 0.769. The fourth-order valence-electron chi connectivity index (χ4n) is 2.36. The molecular formula is C18H23N3O. The van der Waals surface area contributed by atoms with Crippen LogP contribution in [0.2, 0.25) is 0 Å². The number of carbonyl (C=O) groups is 1. The average molecular weight is 297 g/mol. The summed E-state index contributed by atoms with van der Waals surface area (Å²) in [5.74, 6) is 0.00187. The number of hydrogen-bond acceptors (Lipinski definition) is 3. The molecule has 116 valence electrons. The summed E-state index contributed by atoms with van der Waals surface area (Å²) >= 11 is 0. The number of nitrogens with one attached hydrogen (secondary N) is 1. The number of rotatable bonds is 7. The lowest BCUT2D eigenvalue weighted by atomic mass is 10.2. The van der Waals surface area contributed by atoms with Crippen LogP contribution in [0.1, 0.15) is 19.8 Å². The van der Waals surface area contributed by atoms with Crippen LogP contribution in [0.25, 0.3) is 0 Å². The van der Waals surface area contributed by atoms with Gasteiger partial charge in [-0.15, -0.1) is 0 Å². The van der Waals surface area contributed by atoms with Crippen molar-refractivity contribution in [3.63, 3.8) is 0 Å². The number of para-hydroxylation sites is 3. The van der Waals surface area contributed by atoms with Crippen LogP contribution in [0.5, 0.6) is 0 Å². The molecule has 2 rings (SSSR count). The summed E-state index contributed by atoms with van der Waals surface area (Å²) in [7, 11) is 0. The van der Waals surface area contributed by atoms with Crippen molar-refractivity contribution in [1.82, 2.24) is 0 Å². The molecule has 4 nitrogen and oxygen atoms in total. The number of nitrogen functional groups attached to an aromatic ring is 1. The van der Waals surface area contributed by atoms with Gasteiger partial charge in [-0.3, -0.25) is 4.79 Å². The van der Waals surface area contributed by atoms with E-state index in [9.17, 15) is 4.79 Å². The Morgan fingerprint density at radius 1 is 1.09 bits per heavy atom. The fourth-order valence-corrected chi connectivity index (χ4v) is 2.36. The molecule has 0 radical (unpaired) electrons. The molecular weight excluding hydrogens is 274 g/mol. The molecule has 0 atom stereocenters. The Morgan fingerprint density at radius 2 is 1.77 bits per heavy atom. The lowest BCUT2D eigenvalue weighted by Gasteiger charge is -2.22. The summed E-state index contributed by atoms with van der Waals surface area (Å²) in [6.45, 7) is 3.91. The van der Waals surface area contributed by atoms with E-state index in [0.717, 1.165) is 19.5 Å². The maximum Gasteiger partial charge on any atom is 0.224 e. The average Bonchev–Trinajstić information content (AvgIpc) is 2.54. The molecule has 0 aliphatic carbocycles. The molecule has 0 heterocycles. The monoisotopic (exact) mass is 297 g/mol. The Morgan fingerprint density at radius 3 is 2.45 bits per heavy atom. The molecule has 2 aromatic carbocycles. The minimum Gasteiger partial charge on any atom is -0.397 e. The Labute approximate surface area is 131 Å². The molecule has 0 aromatic heterocycles. The summed E-state index contributed by atoms with van der Waals surface area (Å²) in [6.07, 6.45) is 1.29. The Balaban J connectivity index is 1.80. The molecule has 22 heavy (non-hydrogen) atoms. The van der Waals surface area contributed by atoms with Gasteiger partial charge in [0.15, 0.2) is 0 Å². The Kier molecular flexibility index (Phi) is 5.83. The Hall–Kier alpha value is -2.49. The van der Waals surface area contributed by atoms with E-state index in [0.29, 0.717) is 17.8 Å². The van der Waals surface area contributed by atoms with Gasteiger partial charge >= 0.3 is 0 Å². The first-order valence-corrected chi connectivity index (χ1v) is 7.65. The van der Waals surface area contributed by atoms with Crippen molar-refractivity contribution >= 4 is 23.0 Å². The maximum absolute atomic E-state index is 12.0. The van der Waals surface area contributed by atoms with Gasteiger partial charge in [0.25, 0.3) is 0 Å². The van der Waals surface area contributed by atoms with E-state index in [1.54, 1.807) is 6.07 Å². The summed E-state index contributed by atoms with van der Waals surface area (Å²) in [5, 5.41) is 2.86. The van der Waals surface area contributed by atoms with Crippen molar-refractivity contribution < 1.29 is 4.79 Å². The third kappa shape index (κ3) is 4.52. The highest BCUT2D eigenvalue weighted by Crippen LogP contribution is 2.17. The number of anilines is 3. The van der Waals surface area contributed by atoms with E-state index in [-0.39, 0.29) is 5.91 Å². The minimum atomic E-state index is 0.00187. The van der Waals surface area contributed by atoms with Crippen molar-refractivity contribution in [3.05, 3.63) is 54.6 Å². The second-order valence-electron chi connectivity index (χ2n) is 5.15. The molecule has 2 aromatic rings. The molecule has 0 unspecified atom stereocenters. The first-order chi connectivity index (χ1) is 10.7. The molecule has 0 fully saturated rings. The predicted octanol–water partition coefficient (Wildman–Crippen LogP) is 3.51. The number of carbonyl (C=O) groups excluding carboxylic acids is 1. The fraction of sp³-hybridized carbons (Fsp3) is 0.278. The van der Waals surface area contributed by atoms with E-state index in [4.69, 9.17) is 5.73 Å². The van der Waals surface area contributed by atoms with Gasteiger partial charge in [0.1, 0.15) is 0 Å². The summed E-state index contributed by atoms with van der Waals surface area (Å²) < 4.78 is 0. The highest BCUT2D eigenvalue weighted by molar-refractivity contribution is 5.93. The van der Waals surface area contributed by atoms with Gasteiger partial charge in [-0.2, -0.15) is 0 Å². The van der Waals surface area contributed by atoms with E-state index in [1.165, 1.54) is 5.69 Å². The van der Waals surface area contributed by atoms with Gasteiger partial charge in [0.05, 0.1) is 11.4 Å². The van der Waals surface area contributed by atoms with Crippen LogP contribution in [-0.4, -0.2) is 19.0 Å². The van der Waals surface area contributed by atoms with Crippen LogP contribution >= 0.6 is 0 Å². The summed E-state index contributed by atoms with van der Waals surface area (Å²) in [5.41, 5.74) is 8.29. The second kappa shape index (κ2) is 8.08. The molecule has 4 heteroatoms. The van der Waals surface area contributed by atoms with Crippen molar-refractivity contribution in [2.45, 2.75) is 19.8 Å². The van der Waals surface area contributed by atoms with E-state index >= 15 is 0 Å². The molecule has 3 N–H and O–H groups in total. The van der Waals surface area contributed by atoms with Gasteiger partial charge < -0.3 is 16.0 Å². The van der Waals surface area contributed by atoms with Crippen LogP contribution in [0.3, 0.4) is 0 Å². The normalized spacial score (nSPS) is 10.2. The third-order valence-electron chi connectivity index (χ3n) is 3.57. The Bertz CT molecular complexity index is 598. The van der Waals surface area contributed by atoms with Crippen LogP contribution < -0.4 is 16.0 Å². The van der Waals surface area contributed by atoms with Gasteiger partial charge in [-0.25, -0.2) is 0 Å². The highest BCUT2D eigenvalue weighted by atomic mass is 16.1. The highest BCUT2D eigenvalue weighted by Gasteiger charge is 2.07. The van der Waals surface area contributed by atoms with Gasteiger partial charge in [0.2, 0.25) is 5.91 Å². The molecule has 0 spiro atoms. The van der Waals surface area contributed by atoms with Crippen LogP contribution in [0, 0.1) is 0 Å². The predicted molar refractivity (Wildman–Crippen MR) is 93.0 cm³/mol. The van der Waals surface area contributed by atoms with Crippen molar-refractivity contribution in [3.8, 4) is 0 Å². The van der Waals surface area contributed by atoms with Crippen molar-refractivity contribution in [2.24, 2.45) is 0 Å². The summed E-state index contributed by atoms with van der Waals surface area (Å²) in [6, 6.07) is 17.6. The topological polar surface area (TPSA) is 58.4 Å². The van der Waals surface area contributed by atoms with E-state index in [2.05, 4.69) is 29.3 Å². The smallest absolute Gasteiger partial charge is 0.224 e. The lowest BCUT2D eigenvalue weighted by Crippen LogP contribution is -2.25. The zero-order chi connectivity index (χ0) is 15.8. The van der Waals surface area contributed by atoms with Gasteiger partial charge in [0, 0.05) is 25.2 Å². The molecule has 0 saturated carbocycles. The maximum atomic E-state index is 12.0. The van der Waals surface area contributed by atoms with Crippen molar-refractivity contribution in [1.29, 1.82) is 0 Å². The van der Waals surface area contributed by atoms with Crippen LogP contribution in [0.4, 0.5) is 17.1 Å². The molecule has 0 saturated heterocycles.